The molecular weight excluding hydrogens is 391 g/mol. The highest BCUT2D eigenvalue weighted by Crippen LogP contribution is 2.26. The molecule has 2 aromatic carbocycles. The van der Waals surface area contributed by atoms with Crippen molar-refractivity contribution in [3.05, 3.63) is 64.1 Å². The predicted octanol–water partition coefficient (Wildman–Crippen LogP) is 4.75. The highest BCUT2D eigenvalue weighted by molar-refractivity contribution is 7.99. The summed E-state index contributed by atoms with van der Waals surface area (Å²) in [5.41, 5.74) is 1.76. The van der Waals surface area contributed by atoms with Crippen molar-refractivity contribution in [3.8, 4) is 11.4 Å². The van der Waals surface area contributed by atoms with E-state index in [-0.39, 0.29) is 17.7 Å². The molecule has 1 amide bonds. The van der Waals surface area contributed by atoms with Crippen LogP contribution < -0.4 is 5.32 Å². The van der Waals surface area contributed by atoms with E-state index in [9.17, 15) is 4.79 Å². The van der Waals surface area contributed by atoms with Gasteiger partial charge in [0, 0.05) is 15.6 Å². The van der Waals surface area contributed by atoms with Crippen molar-refractivity contribution in [2.75, 3.05) is 5.75 Å². The van der Waals surface area contributed by atoms with Crippen LogP contribution in [-0.2, 0) is 4.79 Å². The Labute approximate surface area is 165 Å². The van der Waals surface area contributed by atoms with E-state index in [1.165, 1.54) is 11.8 Å². The van der Waals surface area contributed by atoms with Crippen LogP contribution >= 0.6 is 35.0 Å². The van der Waals surface area contributed by atoms with E-state index in [0.717, 1.165) is 11.1 Å². The lowest BCUT2D eigenvalue weighted by Gasteiger charge is -2.15. The second-order valence-corrected chi connectivity index (χ2v) is 7.36. The first-order valence-corrected chi connectivity index (χ1v) is 9.62. The van der Waals surface area contributed by atoms with E-state index in [4.69, 9.17) is 23.2 Å². The van der Waals surface area contributed by atoms with Crippen LogP contribution in [0.25, 0.3) is 11.4 Å². The van der Waals surface area contributed by atoms with E-state index in [2.05, 4.69) is 20.5 Å². The second-order valence-electron chi connectivity index (χ2n) is 5.58. The number of carbonyl (C=O) groups is 1. The molecule has 0 fully saturated rings. The SMILES string of the molecule is C[C@@H](NC(=O)CSc1n[nH]c(-c2ccccc2)n1)c1ccc(Cl)cc1Cl. The Hall–Kier alpha value is -2.02. The molecule has 2 N–H and O–H groups in total. The maximum Gasteiger partial charge on any atom is 0.230 e. The molecule has 0 radical (unpaired) electrons. The second kappa shape index (κ2) is 8.58. The molecule has 0 spiro atoms. The summed E-state index contributed by atoms with van der Waals surface area (Å²) in [6.45, 7) is 1.87. The third-order valence-corrected chi connectivity index (χ3v) is 5.06. The third-order valence-electron chi connectivity index (χ3n) is 3.65. The van der Waals surface area contributed by atoms with Crippen LogP contribution in [0.3, 0.4) is 0 Å². The van der Waals surface area contributed by atoms with Gasteiger partial charge < -0.3 is 5.32 Å². The largest absolute Gasteiger partial charge is 0.349 e. The quantitative estimate of drug-likeness (QED) is 0.579. The van der Waals surface area contributed by atoms with Gasteiger partial charge in [-0.3, -0.25) is 9.89 Å². The smallest absolute Gasteiger partial charge is 0.230 e. The fourth-order valence-corrected chi connectivity index (χ4v) is 3.56. The van der Waals surface area contributed by atoms with E-state index < -0.39 is 0 Å². The topological polar surface area (TPSA) is 70.7 Å². The predicted molar refractivity (Wildman–Crippen MR) is 106 cm³/mol. The number of nitrogens with one attached hydrogen (secondary N) is 2. The lowest BCUT2D eigenvalue weighted by Crippen LogP contribution is -2.28. The van der Waals surface area contributed by atoms with Crippen molar-refractivity contribution in [1.29, 1.82) is 0 Å². The minimum absolute atomic E-state index is 0.125. The normalized spacial score (nSPS) is 12.0. The van der Waals surface area contributed by atoms with E-state index in [1.54, 1.807) is 12.1 Å². The van der Waals surface area contributed by atoms with Gasteiger partial charge >= 0.3 is 0 Å². The molecule has 1 aromatic heterocycles. The first-order chi connectivity index (χ1) is 12.5. The van der Waals surface area contributed by atoms with Crippen molar-refractivity contribution in [3.63, 3.8) is 0 Å². The van der Waals surface area contributed by atoms with Crippen LogP contribution in [0.15, 0.2) is 53.7 Å². The molecule has 1 atom stereocenters. The zero-order valence-corrected chi connectivity index (χ0v) is 16.2. The van der Waals surface area contributed by atoms with Crippen LogP contribution in [-0.4, -0.2) is 26.8 Å². The molecule has 8 heteroatoms. The van der Waals surface area contributed by atoms with Crippen LogP contribution in [0, 0.1) is 0 Å². The highest BCUT2D eigenvalue weighted by Gasteiger charge is 2.14. The van der Waals surface area contributed by atoms with Crippen LogP contribution in [0.2, 0.25) is 10.0 Å². The van der Waals surface area contributed by atoms with Crippen molar-refractivity contribution in [2.24, 2.45) is 0 Å². The number of carbonyl (C=O) groups excluding carboxylic acids is 1. The summed E-state index contributed by atoms with van der Waals surface area (Å²) in [5.74, 6) is 0.760. The van der Waals surface area contributed by atoms with E-state index in [0.29, 0.717) is 21.0 Å². The summed E-state index contributed by atoms with van der Waals surface area (Å²) in [6, 6.07) is 14.7. The third kappa shape index (κ3) is 4.78. The summed E-state index contributed by atoms with van der Waals surface area (Å²) >= 11 is 13.3. The molecule has 0 bridgehead atoms. The molecular formula is C18H16Cl2N4OS. The summed E-state index contributed by atoms with van der Waals surface area (Å²) in [4.78, 5) is 16.6. The number of thioether (sulfide) groups is 1. The monoisotopic (exact) mass is 406 g/mol. The number of amides is 1. The van der Waals surface area contributed by atoms with Crippen molar-refractivity contribution < 1.29 is 4.79 Å². The molecule has 0 aliphatic heterocycles. The number of rotatable bonds is 6. The minimum Gasteiger partial charge on any atom is -0.349 e. The van der Waals surface area contributed by atoms with Crippen LogP contribution in [0.5, 0.6) is 0 Å². The van der Waals surface area contributed by atoms with Crippen LogP contribution in [0.4, 0.5) is 0 Å². The number of hydrogen-bond donors (Lipinski definition) is 2. The van der Waals surface area contributed by atoms with Gasteiger partial charge in [-0.15, -0.1) is 5.10 Å². The maximum atomic E-state index is 12.2. The standard InChI is InChI=1S/C18H16Cl2N4OS/c1-11(14-8-7-13(19)9-15(14)20)21-16(25)10-26-18-22-17(23-24-18)12-5-3-2-4-6-12/h2-9,11H,10H2,1H3,(H,21,25)(H,22,23,24)/t11-/m1/s1. The van der Waals surface area contributed by atoms with Gasteiger partial charge in [0.2, 0.25) is 11.1 Å². The number of aromatic amines is 1. The summed E-state index contributed by atoms with van der Waals surface area (Å²) in [5, 5.41) is 11.5. The van der Waals surface area contributed by atoms with Crippen LogP contribution in [0.1, 0.15) is 18.5 Å². The average Bonchev–Trinajstić information content (AvgIpc) is 3.09. The molecule has 3 rings (SSSR count). The average molecular weight is 407 g/mol. The van der Waals surface area contributed by atoms with Gasteiger partial charge in [-0.25, -0.2) is 4.98 Å². The Balaban J connectivity index is 1.55. The van der Waals surface area contributed by atoms with E-state index >= 15 is 0 Å². The minimum atomic E-state index is -0.222. The Morgan fingerprint density at radius 2 is 2.00 bits per heavy atom. The molecule has 0 saturated carbocycles. The van der Waals surface area contributed by atoms with Gasteiger partial charge in [0.1, 0.15) is 0 Å². The molecule has 0 saturated heterocycles. The molecule has 26 heavy (non-hydrogen) atoms. The maximum absolute atomic E-state index is 12.2. The van der Waals surface area contributed by atoms with Crippen molar-refractivity contribution in [1.82, 2.24) is 20.5 Å². The van der Waals surface area contributed by atoms with Gasteiger partial charge in [0.05, 0.1) is 11.8 Å². The Bertz CT molecular complexity index is 901. The number of H-pyrrole nitrogens is 1. The zero-order valence-electron chi connectivity index (χ0n) is 13.9. The molecule has 0 aliphatic carbocycles. The van der Waals surface area contributed by atoms with Gasteiger partial charge in [-0.1, -0.05) is 71.4 Å². The van der Waals surface area contributed by atoms with Gasteiger partial charge in [0.15, 0.2) is 5.82 Å². The number of halogens is 2. The lowest BCUT2D eigenvalue weighted by atomic mass is 10.1. The van der Waals surface area contributed by atoms with Gasteiger partial charge in [-0.2, -0.15) is 0 Å². The molecule has 0 unspecified atom stereocenters. The fourth-order valence-electron chi connectivity index (χ4n) is 2.38. The summed E-state index contributed by atoms with van der Waals surface area (Å²) in [6.07, 6.45) is 0. The molecule has 5 nitrogen and oxygen atoms in total. The highest BCUT2D eigenvalue weighted by atomic mass is 35.5. The Morgan fingerprint density at radius 1 is 1.23 bits per heavy atom. The number of nitrogens with zero attached hydrogens (tertiary/aromatic N) is 2. The molecule has 1 heterocycles. The van der Waals surface area contributed by atoms with Crippen molar-refractivity contribution in [2.45, 2.75) is 18.1 Å². The first kappa shape index (κ1) is 18.8. The molecule has 0 aliphatic rings. The first-order valence-electron chi connectivity index (χ1n) is 7.88. The van der Waals surface area contributed by atoms with Crippen molar-refractivity contribution >= 4 is 40.9 Å². The zero-order chi connectivity index (χ0) is 18.5. The summed E-state index contributed by atoms with van der Waals surface area (Å²) in [7, 11) is 0. The molecule has 3 aromatic rings. The number of hydrogen-bond acceptors (Lipinski definition) is 4. The number of benzene rings is 2. The lowest BCUT2D eigenvalue weighted by molar-refractivity contribution is -0.119. The summed E-state index contributed by atoms with van der Waals surface area (Å²) < 4.78 is 0. The van der Waals surface area contributed by atoms with E-state index in [1.807, 2.05) is 43.3 Å². The Morgan fingerprint density at radius 3 is 2.73 bits per heavy atom. The number of aromatic nitrogens is 3. The molecule has 134 valence electrons. The van der Waals surface area contributed by atoms with Gasteiger partial charge in [0.25, 0.3) is 0 Å². The van der Waals surface area contributed by atoms with Gasteiger partial charge in [-0.05, 0) is 24.6 Å². The Kier molecular flexibility index (Phi) is 6.19. The fraction of sp³-hybridized carbons (Fsp3) is 0.167.